The maximum Gasteiger partial charge on any atom is 0.222 e. The van der Waals surface area contributed by atoms with Crippen molar-refractivity contribution in [2.75, 3.05) is 20.1 Å². The third-order valence-electron chi connectivity index (χ3n) is 3.05. The van der Waals surface area contributed by atoms with Gasteiger partial charge in [-0.25, -0.2) is 0 Å². The Labute approximate surface area is 100 Å². The Kier molecular flexibility index (Phi) is 9.30. The minimum absolute atomic E-state index is 0.285. The lowest BCUT2D eigenvalue weighted by Crippen LogP contribution is -2.30. The van der Waals surface area contributed by atoms with E-state index in [-0.39, 0.29) is 5.91 Å². The Morgan fingerprint density at radius 3 is 2.44 bits per heavy atom. The maximum absolute atomic E-state index is 11.7. The zero-order valence-corrected chi connectivity index (χ0v) is 11.2. The second kappa shape index (κ2) is 9.64. The van der Waals surface area contributed by atoms with Crippen LogP contribution in [0, 0.1) is 5.92 Å². The second-order valence-corrected chi connectivity index (χ2v) is 4.74. The molecular formula is C13H28N2O. The van der Waals surface area contributed by atoms with Crippen molar-refractivity contribution < 1.29 is 4.79 Å². The smallest absolute Gasteiger partial charge is 0.222 e. The first-order valence-electron chi connectivity index (χ1n) is 6.55. The fourth-order valence-corrected chi connectivity index (χ4v) is 1.66. The van der Waals surface area contributed by atoms with Crippen molar-refractivity contribution in [2.24, 2.45) is 11.7 Å². The van der Waals surface area contributed by atoms with Crippen LogP contribution in [-0.2, 0) is 4.79 Å². The molecule has 0 heterocycles. The molecule has 1 amide bonds. The number of hydrogen-bond donors (Lipinski definition) is 1. The van der Waals surface area contributed by atoms with E-state index in [1.54, 1.807) is 0 Å². The molecule has 1 unspecified atom stereocenters. The van der Waals surface area contributed by atoms with Crippen molar-refractivity contribution in [3.63, 3.8) is 0 Å². The van der Waals surface area contributed by atoms with Crippen molar-refractivity contribution in [3.8, 4) is 0 Å². The van der Waals surface area contributed by atoms with Gasteiger partial charge in [-0.05, 0) is 25.3 Å². The third-order valence-corrected chi connectivity index (χ3v) is 3.05. The highest BCUT2D eigenvalue weighted by Crippen LogP contribution is 2.07. The molecule has 0 bridgehead atoms. The molecule has 0 fully saturated rings. The summed E-state index contributed by atoms with van der Waals surface area (Å²) in [6.45, 7) is 6.00. The molecule has 0 aromatic heterocycles. The number of rotatable bonds is 9. The van der Waals surface area contributed by atoms with Crippen LogP contribution in [0.3, 0.4) is 0 Å². The summed E-state index contributed by atoms with van der Waals surface area (Å²) in [7, 11) is 1.91. The van der Waals surface area contributed by atoms with Gasteiger partial charge in [-0.2, -0.15) is 0 Å². The topological polar surface area (TPSA) is 46.3 Å². The van der Waals surface area contributed by atoms with E-state index >= 15 is 0 Å². The first-order chi connectivity index (χ1) is 7.61. The number of carbonyl (C=O) groups excluding carboxylic acids is 1. The van der Waals surface area contributed by atoms with E-state index in [4.69, 9.17) is 5.73 Å². The standard InChI is InChI=1S/C13H28N2O/c1-4-12(2)11-15(3)13(16)9-7-5-6-8-10-14/h12H,4-11,14H2,1-3H3. The van der Waals surface area contributed by atoms with Crippen molar-refractivity contribution in [3.05, 3.63) is 0 Å². The fourth-order valence-electron chi connectivity index (χ4n) is 1.66. The zero-order chi connectivity index (χ0) is 12.4. The molecule has 2 N–H and O–H groups in total. The molecule has 0 aliphatic rings. The van der Waals surface area contributed by atoms with E-state index in [1.165, 1.54) is 0 Å². The lowest BCUT2D eigenvalue weighted by molar-refractivity contribution is -0.130. The number of unbranched alkanes of at least 4 members (excludes halogenated alkanes) is 3. The van der Waals surface area contributed by atoms with E-state index in [2.05, 4.69) is 13.8 Å². The number of nitrogens with two attached hydrogens (primary N) is 1. The van der Waals surface area contributed by atoms with Gasteiger partial charge in [0.05, 0.1) is 0 Å². The van der Waals surface area contributed by atoms with Crippen molar-refractivity contribution >= 4 is 5.91 Å². The molecule has 0 rings (SSSR count). The van der Waals surface area contributed by atoms with E-state index in [1.807, 2.05) is 11.9 Å². The van der Waals surface area contributed by atoms with Gasteiger partial charge in [-0.3, -0.25) is 4.79 Å². The van der Waals surface area contributed by atoms with Crippen molar-refractivity contribution in [2.45, 2.75) is 52.4 Å². The van der Waals surface area contributed by atoms with Crippen LogP contribution in [0.2, 0.25) is 0 Å². The molecule has 96 valence electrons. The number of amides is 1. The van der Waals surface area contributed by atoms with Gasteiger partial charge >= 0.3 is 0 Å². The summed E-state index contributed by atoms with van der Waals surface area (Å²) < 4.78 is 0. The van der Waals surface area contributed by atoms with Crippen molar-refractivity contribution in [1.82, 2.24) is 4.90 Å². The molecule has 0 aliphatic carbocycles. The molecule has 0 radical (unpaired) electrons. The van der Waals surface area contributed by atoms with Crippen LogP contribution in [0.4, 0.5) is 0 Å². The first kappa shape index (κ1) is 15.4. The number of carbonyl (C=O) groups is 1. The quantitative estimate of drug-likeness (QED) is 0.616. The van der Waals surface area contributed by atoms with Gasteiger partial charge in [0.25, 0.3) is 0 Å². The molecule has 0 aromatic rings. The number of hydrogen-bond acceptors (Lipinski definition) is 2. The highest BCUT2D eigenvalue weighted by atomic mass is 16.2. The molecule has 0 saturated heterocycles. The monoisotopic (exact) mass is 228 g/mol. The average molecular weight is 228 g/mol. The molecule has 0 spiro atoms. The Balaban J connectivity index is 3.55. The summed E-state index contributed by atoms with van der Waals surface area (Å²) in [6, 6.07) is 0. The molecule has 0 aliphatic heterocycles. The summed E-state index contributed by atoms with van der Waals surface area (Å²) >= 11 is 0. The van der Waals surface area contributed by atoms with E-state index in [9.17, 15) is 4.79 Å². The Morgan fingerprint density at radius 1 is 1.25 bits per heavy atom. The lowest BCUT2D eigenvalue weighted by atomic mass is 10.1. The minimum atomic E-state index is 0.285. The predicted molar refractivity (Wildman–Crippen MR) is 69.2 cm³/mol. The van der Waals surface area contributed by atoms with Gasteiger partial charge in [-0.1, -0.05) is 33.1 Å². The molecule has 1 atom stereocenters. The van der Waals surface area contributed by atoms with Crippen LogP contribution >= 0.6 is 0 Å². The largest absolute Gasteiger partial charge is 0.345 e. The van der Waals surface area contributed by atoms with E-state index < -0.39 is 0 Å². The van der Waals surface area contributed by atoms with E-state index in [0.29, 0.717) is 12.3 Å². The third kappa shape index (κ3) is 7.69. The molecular weight excluding hydrogens is 200 g/mol. The summed E-state index contributed by atoms with van der Waals surface area (Å²) in [4.78, 5) is 13.6. The minimum Gasteiger partial charge on any atom is -0.345 e. The summed E-state index contributed by atoms with van der Waals surface area (Å²) in [5, 5.41) is 0. The Morgan fingerprint density at radius 2 is 1.88 bits per heavy atom. The SMILES string of the molecule is CCC(C)CN(C)C(=O)CCCCCCN. The Bertz CT molecular complexity index is 183. The highest BCUT2D eigenvalue weighted by molar-refractivity contribution is 5.75. The van der Waals surface area contributed by atoms with Crippen LogP contribution in [0.15, 0.2) is 0 Å². The average Bonchev–Trinajstić information content (AvgIpc) is 2.28. The number of nitrogens with zero attached hydrogens (tertiary/aromatic N) is 1. The van der Waals surface area contributed by atoms with Gasteiger partial charge in [0, 0.05) is 20.0 Å². The molecule has 0 aromatic carbocycles. The van der Waals surface area contributed by atoms with Crippen molar-refractivity contribution in [1.29, 1.82) is 0 Å². The molecule has 0 saturated carbocycles. The Hall–Kier alpha value is -0.570. The predicted octanol–water partition coefficient (Wildman–Crippen LogP) is 2.40. The summed E-state index contributed by atoms with van der Waals surface area (Å²) in [5.41, 5.74) is 5.41. The lowest BCUT2D eigenvalue weighted by Gasteiger charge is -2.20. The molecule has 16 heavy (non-hydrogen) atoms. The first-order valence-corrected chi connectivity index (χ1v) is 6.55. The summed E-state index contributed by atoms with van der Waals surface area (Å²) in [6.07, 6.45) is 6.19. The van der Waals surface area contributed by atoms with Gasteiger partial charge in [0.15, 0.2) is 0 Å². The summed E-state index contributed by atoms with van der Waals surface area (Å²) in [5.74, 6) is 0.888. The van der Waals surface area contributed by atoms with E-state index in [0.717, 1.165) is 45.2 Å². The fraction of sp³-hybridized carbons (Fsp3) is 0.923. The highest BCUT2D eigenvalue weighted by Gasteiger charge is 2.10. The van der Waals surface area contributed by atoms with Crippen LogP contribution < -0.4 is 5.73 Å². The molecule has 3 nitrogen and oxygen atoms in total. The van der Waals surface area contributed by atoms with Gasteiger partial charge in [-0.15, -0.1) is 0 Å². The van der Waals surface area contributed by atoms with Crippen LogP contribution in [-0.4, -0.2) is 30.9 Å². The molecule has 3 heteroatoms. The normalized spacial score (nSPS) is 12.5. The van der Waals surface area contributed by atoms with Crippen LogP contribution in [0.5, 0.6) is 0 Å². The van der Waals surface area contributed by atoms with Crippen LogP contribution in [0.1, 0.15) is 52.4 Å². The van der Waals surface area contributed by atoms with Gasteiger partial charge in [0.2, 0.25) is 5.91 Å². The van der Waals surface area contributed by atoms with Gasteiger partial charge < -0.3 is 10.6 Å². The zero-order valence-electron chi connectivity index (χ0n) is 11.2. The van der Waals surface area contributed by atoms with Crippen LogP contribution in [0.25, 0.3) is 0 Å². The maximum atomic E-state index is 11.7. The van der Waals surface area contributed by atoms with Gasteiger partial charge in [0.1, 0.15) is 0 Å². The second-order valence-electron chi connectivity index (χ2n) is 4.74.